The number of hydrogen-bond acceptors (Lipinski definition) is 5. The number of ether oxygens (including phenoxy) is 1. The van der Waals surface area contributed by atoms with Gasteiger partial charge in [-0.15, -0.1) is 3.89 Å². The fraction of sp³-hybridized carbons (Fsp3) is 0.385. The third-order valence-electron chi connectivity index (χ3n) is 3.37. The minimum absolute atomic E-state index is 0.0239. The van der Waals surface area contributed by atoms with Crippen LogP contribution in [0.5, 0.6) is 0 Å². The zero-order valence-electron chi connectivity index (χ0n) is 11.9. The fourth-order valence-electron chi connectivity index (χ4n) is 2.44. The van der Waals surface area contributed by atoms with Gasteiger partial charge in [-0.25, -0.2) is 4.79 Å². The van der Waals surface area contributed by atoms with Crippen LogP contribution in [0.4, 0.5) is 9.57 Å². The van der Waals surface area contributed by atoms with Crippen LogP contribution in [-0.4, -0.2) is 39.7 Å². The molecule has 1 fully saturated rings. The first-order valence-corrected chi connectivity index (χ1v) is 9.14. The molecule has 1 atom stereocenters. The highest BCUT2D eigenvalue weighted by atomic mass is 79.9. The monoisotopic (exact) mass is 427 g/mol. The molecule has 0 aliphatic carbocycles. The quantitative estimate of drug-likeness (QED) is 0.544. The first-order valence-electron chi connectivity index (χ1n) is 6.42. The van der Waals surface area contributed by atoms with Crippen molar-refractivity contribution in [1.29, 1.82) is 0 Å². The Morgan fingerprint density at radius 2 is 2.17 bits per heavy atom. The lowest BCUT2D eigenvalue weighted by Crippen LogP contribution is -2.27. The van der Waals surface area contributed by atoms with E-state index in [0.717, 1.165) is 0 Å². The lowest BCUT2D eigenvalue weighted by Gasteiger charge is -2.20. The number of amides is 1. The molecule has 10 heteroatoms. The fourth-order valence-corrected chi connectivity index (χ4v) is 3.73. The summed E-state index contributed by atoms with van der Waals surface area (Å²) in [5, 5.41) is 0.266. The van der Waals surface area contributed by atoms with Crippen LogP contribution in [0.15, 0.2) is 16.6 Å². The van der Waals surface area contributed by atoms with E-state index in [9.17, 15) is 21.9 Å². The van der Waals surface area contributed by atoms with Gasteiger partial charge in [-0.3, -0.25) is 4.79 Å². The van der Waals surface area contributed by atoms with Gasteiger partial charge in [0.15, 0.2) is 0 Å². The van der Waals surface area contributed by atoms with Gasteiger partial charge in [0, 0.05) is 23.4 Å². The minimum atomic E-state index is -4.69. The molecule has 1 aliphatic heterocycles. The molecule has 0 radical (unpaired) electrons. The second-order valence-electron chi connectivity index (χ2n) is 5.06. The number of benzene rings is 1. The van der Waals surface area contributed by atoms with E-state index in [0.29, 0.717) is 4.47 Å². The molecule has 0 N–H and O–H groups in total. The summed E-state index contributed by atoms with van der Waals surface area (Å²) < 4.78 is 39.5. The summed E-state index contributed by atoms with van der Waals surface area (Å²) in [6, 6.07) is 2.82. The molecule has 0 spiro atoms. The molecule has 1 amide bonds. The molecule has 0 bridgehead atoms. The predicted molar refractivity (Wildman–Crippen MR) is 85.8 cm³/mol. The molecule has 1 saturated heterocycles. The third kappa shape index (κ3) is 4.21. The molecule has 23 heavy (non-hydrogen) atoms. The lowest BCUT2D eigenvalue weighted by molar-refractivity contribution is -0.117. The number of halogens is 3. The third-order valence-corrected chi connectivity index (χ3v) is 5.44. The number of methoxy groups -OCH3 is 1. The number of carbonyl (C=O) groups excluding carboxylic acids is 2. The van der Waals surface area contributed by atoms with Crippen LogP contribution < -0.4 is 4.90 Å². The van der Waals surface area contributed by atoms with Crippen molar-refractivity contribution in [3.05, 3.63) is 27.2 Å². The standard InChI is InChI=1S/C13H12BrClFNO5S/c1-22-13(19)8-3-9(14)10(15)4-11(8)17-5-7(2-12(17)18)6-23(16,20)21/h3-4,7H,2,5-6H2,1H3. The van der Waals surface area contributed by atoms with Crippen LogP contribution in [0.2, 0.25) is 5.02 Å². The summed E-state index contributed by atoms with van der Waals surface area (Å²) in [7, 11) is -3.49. The van der Waals surface area contributed by atoms with Crippen molar-refractivity contribution in [3.8, 4) is 0 Å². The van der Waals surface area contributed by atoms with Gasteiger partial charge in [0.1, 0.15) is 0 Å². The Morgan fingerprint density at radius 1 is 1.52 bits per heavy atom. The van der Waals surface area contributed by atoms with Gasteiger partial charge in [-0.05, 0) is 28.1 Å². The van der Waals surface area contributed by atoms with E-state index in [4.69, 9.17) is 11.6 Å². The normalized spacial score (nSPS) is 18.3. The van der Waals surface area contributed by atoms with Crippen molar-refractivity contribution in [2.45, 2.75) is 6.42 Å². The summed E-state index contributed by atoms with van der Waals surface area (Å²) in [4.78, 5) is 25.2. The molecule has 126 valence electrons. The molecule has 1 aromatic carbocycles. The molecule has 1 aromatic rings. The number of anilines is 1. The maximum atomic E-state index is 12.8. The van der Waals surface area contributed by atoms with E-state index >= 15 is 0 Å². The number of hydrogen-bond donors (Lipinski definition) is 0. The average molecular weight is 429 g/mol. The Kier molecular flexibility index (Phi) is 5.32. The van der Waals surface area contributed by atoms with E-state index in [1.54, 1.807) is 0 Å². The Balaban J connectivity index is 2.40. The number of esters is 1. The zero-order valence-corrected chi connectivity index (χ0v) is 15.0. The van der Waals surface area contributed by atoms with Crippen LogP contribution in [-0.2, 0) is 19.8 Å². The molecule has 1 heterocycles. The lowest BCUT2D eigenvalue weighted by atomic mass is 10.1. The zero-order chi connectivity index (χ0) is 17.4. The molecule has 2 rings (SSSR count). The summed E-state index contributed by atoms with van der Waals surface area (Å²) in [5.74, 6) is -2.52. The first-order chi connectivity index (χ1) is 10.6. The molecular formula is C13H12BrClFNO5S. The second-order valence-corrected chi connectivity index (χ2v) is 7.73. The van der Waals surface area contributed by atoms with Crippen LogP contribution in [0.3, 0.4) is 0 Å². The van der Waals surface area contributed by atoms with E-state index in [2.05, 4.69) is 20.7 Å². The number of nitrogens with zero attached hydrogens (tertiary/aromatic N) is 1. The molecule has 1 aliphatic rings. The predicted octanol–water partition coefficient (Wildman–Crippen LogP) is 2.54. The van der Waals surface area contributed by atoms with E-state index in [1.807, 2.05) is 0 Å². The van der Waals surface area contributed by atoms with Gasteiger partial charge in [0.05, 0.1) is 29.1 Å². The highest BCUT2D eigenvalue weighted by Gasteiger charge is 2.35. The Morgan fingerprint density at radius 3 is 2.74 bits per heavy atom. The van der Waals surface area contributed by atoms with Gasteiger partial charge in [-0.1, -0.05) is 11.6 Å². The topological polar surface area (TPSA) is 80.8 Å². The molecule has 0 saturated carbocycles. The number of carbonyl (C=O) groups is 2. The molecule has 0 aromatic heterocycles. The Labute approximate surface area is 145 Å². The van der Waals surface area contributed by atoms with Crippen molar-refractivity contribution in [2.24, 2.45) is 5.92 Å². The van der Waals surface area contributed by atoms with Crippen molar-refractivity contribution < 1.29 is 26.6 Å². The summed E-state index contributed by atoms with van der Waals surface area (Å²) in [5.41, 5.74) is 0.301. The average Bonchev–Trinajstić information content (AvgIpc) is 2.78. The molecule has 1 unspecified atom stereocenters. The number of rotatable bonds is 4. The summed E-state index contributed by atoms with van der Waals surface area (Å²) in [6.45, 7) is -0.0239. The van der Waals surface area contributed by atoms with Crippen molar-refractivity contribution >= 4 is 55.3 Å². The van der Waals surface area contributed by atoms with Crippen LogP contribution in [0.1, 0.15) is 16.8 Å². The van der Waals surface area contributed by atoms with Gasteiger partial charge < -0.3 is 9.64 Å². The van der Waals surface area contributed by atoms with Gasteiger partial charge >= 0.3 is 16.2 Å². The molecule has 6 nitrogen and oxygen atoms in total. The summed E-state index contributed by atoms with van der Waals surface area (Å²) in [6.07, 6.45) is -0.128. The molecular weight excluding hydrogens is 417 g/mol. The van der Waals surface area contributed by atoms with E-state index < -0.39 is 33.8 Å². The van der Waals surface area contributed by atoms with Crippen molar-refractivity contribution in [1.82, 2.24) is 0 Å². The second kappa shape index (κ2) is 6.74. The largest absolute Gasteiger partial charge is 0.465 e. The maximum Gasteiger partial charge on any atom is 0.340 e. The van der Waals surface area contributed by atoms with Crippen molar-refractivity contribution in [3.63, 3.8) is 0 Å². The van der Waals surface area contributed by atoms with E-state index in [1.165, 1.54) is 24.1 Å². The van der Waals surface area contributed by atoms with Crippen LogP contribution >= 0.6 is 27.5 Å². The SMILES string of the molecule is COC(=O)c1cc(Br)c(Cl)cc1N1CC(CS(=O)(=O)F)CC1=O. The Bertz CT molecular complexity index is 770. The van der Waals surface area contributed by atoms with Crippen LogP contribution in [0.25, 0.3) is 0 Å². The highest BCUT2D eigenvalue weighted by Crippen LogP contribution is 2.35. The smallest absolute Gasteiger partial charge is 0.340 e. The van der Waals surface area contributed by atoms with E-state index in [-0.39, 0.29) is 29.2 Å². The Hall–Kier alpha value is -1.19. The van der Waals surface area contributed by atoms with Crippen LogP contribution in [0, 0.1) is 5.92 Å². The first kappa shape index (κ1) is 18.2. The summed E-state index contributed by atoms with van der Waals surface area (Å²) >= 11 is 9.19. The van der Waals surface area contributed by atoms with Crippen molar-refractivity contribution in [2.75, 3.05) is 24.3 Å². The maximum absolute atomic E-state index is 12.8. The minimum Gasteiger partial charge on any atom is -0.465 e. The van der Waals surface area contributed by atoms with Gasteiger partial charge in [0.2, 0.25) is 5.91 Å². The van der Waals surface area contributed by atoms with Gasteiger partial charge in [-0.2, -0.15) is 8.42 Å². The highest BCUT2D eigenvalue weighted by molar-refractivity contribution is 9.10. The van der Waals surface area contributed by atoms with Gasteiger partial charge in [0.25, 0.3) is 0 Å².